The number of aromatic nitrogens is 2. The third-order valence-electron chi connectivity index (χ3n) is 4.23. The first kappa shape index (κ1) is 13.9. The minimum absolute atomic E-state index is 0.0958. The van der Waals surface area contributed by atoms with Gasteiger partial charge in [-0.3, -0.25) is 0 Å². The van der Waals surface area contributed by atoms with Crippen molar-refractivity contribution in [3.8, 4) is 0 Å². The van der Waals surface area contributed by atoms with E-state index in [0.29, 0.717) is 36.3 Å². The Labute approximate surface area is 122 Å². The van der Waals surface area contributed by atoms with Crippen LogP contribution in [0.2, 0.25) is 5.02 Å². The van der Waals surface area contributed by atoms with Gasteiger partial charge in [-0.2, -0.15) is 0 Å². The van der Waals surface area contributed by atoms with Gasteiger partial charge in [0.2, 0.25) is 0 Å². The van der Waals surface area contributed by atoms with Gasteiger partial charge in [0.05, 0.1) is 12.7 Å². The molecule has 0 aromatic carbocycles. The summed E-state index contributed by atoms with van der Waals surface area (Å²) in [6, 6.07) is 0.192. The molecule has 3 atom stereocenters. The first-order valence-corrected chi connectivity index (χ1v) is 7.34. The predicted molar refractivity (Wildman–Crippen MR) is 76.8 cm³/mol. The molecule has 7 heteroatoms. The first-order chi connectivity index (χ1) is 9.68. The number of anilines is 2. The fourth-order valence-electron chi connectivity index (χ4n) is 3.19. The molecular weight excluding hydrogens is 280 g/mol. The summed E-state index contributed by atoms with van der Waals surface area (Å²) in [5, 5.41) is 10.6. The van der Waals surface area contributed by atoms with Crippen molar-refractivity contribution in [2.24, 2.45) is 5.92 Å². The maximum atomic E-state index is 10.2. The predicted octanol–water partition coefficient (Wildman–Crippen LogP) is 1.08. The van der Waals surface area contributed by atoms with Crippen LogP contribution in [0.5, 0.6) is 0 Å². The highest BCUT2D eigenvalue weighted by Crippen LogP contribution is 2.36. The van der Waals surface area contributed by atoms with Crippen LogP contribution < -0.4 is 10.6 Å². The Balaban J connectivity index is 1.86. The summed E-state index contributed by atoms with van der Waals surface area (Å²) in [5.74, 6) is 1.06. The van der Waals surface area contributed by atoms with Crippen LogP contribution in [0.3, 0.4) is 0 Å². The molecule has 3 rings (SSSR count). The number of aliphatic hydroxyl groups is 1. The maximum absolute atomic E-state index is 10.2. The normalized spacial score (nSPS) is 30.7. The van der Waals surface area contributed by atoms with Crippen molar-refractivity contribution in [3.63, 3.8) is 0 Å². The lowest BCUT2D eigenvalue weighted by atomic mass is 9.89. The molecule has 0 amide bonds. The van der Waals surface area contributed by atoms with Crippen molar-refractivity contribution in [2.75, 3.05) is 30.4 Å². The van der Waals surface area contributed by atoms with Gasteiger partial charge in [-0.25, -0.2) is 9.97 Å². The van der Waals surface area contributed by atoms with Gasteiger partial charge in [-0.05, 0) is 19.3 Å². The van der Waals surface area contributed by atoms with Crippen LogP contribution >= 0.6 is 11.6 Å². The average molecular weight is 299 g/mol. The smallest absolute Gasteiger partial charge is 0.153 e. The van der Waals surface area contributed by atoms with Gasteiger partial charge < -0.3 is 20.5 Å². The van der Waals surface area contributed by atoms with E-state index in [9.17, 15) is 5.11 Å². The number of rotatable bonds is 2. The van der Waals surface area contributed by atoms with Crippen molar-refractivity contribution in [2.45, 2.75) is 31.4 Å². The minimum atomic E-state index is -0.327. The summed E-state index contributed by atoms with van der Waals surface area (Å²) in [5.41, 5.74) is 5.76. The molecule has 1 aromatic rings. The monoisotopic (exact) mass is 298 g/mol. The quantitative estimate of drug-likeness (QED) is 0.850. The second-order valence-corrected chi connectivity index (χ2v) is 5.77. The van der Waals surface area contributed by atoms with E-state index in [1.165, 1.54) is 6.33 Å². The third-order valence-corrected chi connectivity index (χ3v) is 4.59. The number of ether oxygens (including phenoxy) is 1. The molecule has 2 aliphatic rings. The van der Waals surface area contributed by atoms with Crippen LogP contribution in [0.25, 0.3) is 0 Å². The number of hydrogen-bond acceptors (Lipinski definition) is 6. The molecule has 2 fully saturated rings. The fourth-order valence-corrected chi connectivity index (χ4v) is 3.40. The van der Waals surface area contributed by atoms with E-state index >= 15 is 0 Å². The maximum Gasteiger partial charge on any atom is 0.153 e. The fraction of sp³-hybridized carbons (Fsp3) is 0.692. The number of halogens is 1. The molecule has 3 heterocycles. The van der Waals surface area contributed by atoms with E-state index in [4.69, 9.17) is 22.1 Å². The summed E-state index contributed by atoms with van der Waals surface area (Å²) in [7, 11) is 0. The molecule has 6 nitrogen and oxygen atoms in total. The van der Waals surface area contributed by atoms with Gasteiger partial charge in [-0.1, -0.05) is 11.6 Å². The largest absolute Gasteiger partial charge is 0.393 e. The van der Waals surface area contributed by atoms with Gasteiger partial charge in [0.1, 0.15) is 17.2 Å². The summed E-state index contributed by atoms with van der Waals surface area (Å²) < 4.78 is 5.53. The Morgan fingerprint density at radius 2 is 2.25 bits per heavy atom. The van der Waals surface area contributed by atoms with Gasteiger partial charge in [0, 0.05) is 25.1 Å². The van der Waals surface area contributed by atoms with Crippen molar-refractivity contribution in [1.29, 1.82) is 0 Å². The molecule has 20 heavy (non-hydrogen) atoms. The summed E-state index contributed by atoms with van der Waals surface area (Å²) in [4.78, 5) is 10.3. The SMILES string of the molecule is Nc1ncnc(N2CCC[C@@H]2[C@H]2COCC[C@@H]2O)c1Cl. The van der Waals surface area contributed by atoms with E-state index in [1.807, 2.05) is 0 Å². The number of nitrogens with two attached hydrogens (primary N) is 1. The Morgan fingerprint density at radius 3 is 3.05 bits per heavy atom. The Kier molecular flexibility index (Phi) is 3.96. The van der Waals surface area contributed by atoms with Gasteiger partial charge in [-0.15, -0.1) is 0 Å². The topological polar surface area (TPSA) is 84.5 Å². The van der Waals surface area contributed by atoms with Crippen LogP contribution in [-0.2, 0) is 4.74 Å². The van der Waals surface area contributed by atoms with E-state index in [1.54, 1.807) is 0 Å². The number of aliphatic hydroxyl groups excluding tert-OH is 1. The van der Waals surface area contributed by atoms with Crippen LogP contribution in [0.1, 0.15) is 19.3 Å². The van der Waals surface area contributed by atoms with Crippen LogP contribution in [-0.4, -0.2) is 47.0 Å². The molecule has 0 bridgehead atoms. The highest BCUT2D eigenvalue weighted by atomic mass is 35.5. The molecule has 1 aromatic heterocycles. The van der Waals surface area contributed by atoms with Crippen LogP contribution in [0, 0.1) is 5.92 Å². The number of hydrogen-bond donors (Lipinski definition) is 2. The van der Waals surface area contributed by atoms with E-state index in [2.05, 4.69) is 14.9 Å². The molecular formula is C13H19ClN4O2. The molecule has 0 unspecified atom stereocenters. The first-order valence-electron chi connectivity index (χ1n) is 6.97. The Bertz CT molecular complexity index is 487. The van der Waals surface area contributed by atoms with Crippen LogP contribution in [0.15, 0.2) is 6.33 Å². The molecule has 0 aliphatic carbocycles. The summed E-state index contributed by atoms with van der Waals surface area (Å²) in [6.45, 7) is 2.08. The highest BCUT2D eigenvalue weighted by molar-refractivity contribution is 6.35. The van der Waals surface area contributed by atoms with Gasteiger partial charge >= 0.3 is 0 Å². The van der Waals surface area contributed by atoms with Gasteiger partial charge in [0.15, 0.2) is 5.82 Å². The molecule has 0 saturated carbocycles. The van der Waals surface area contributed by atoms with Crippen molar-refractivity contribution < 1.29 is 9.84 Å². The summed E-state index contributed by atoms with van der Waals surface area (Å²) >= 11 is 6.23. The van der Waals surface area contributed by atoms with Crippen LogP contribution in [0.4, 0.5) is 11.6 Å². The van der Waals surface area contributed by atoms with E-state index < -0.39 is 0 Å². The second kappa shape index (κ2) is 5.71. The number of nitrogens with zero attached hydrogens (tertiary/aromatic N) is 3. The average Bonchev–Trinajstić information content (AvgIpc) is 2.91. The Morgan fingerprint density at radius 1 is 1.40 bits per heavy atom. The van der Waals surface area contributed by atoms with Crippen molar-refractivity contribution in [3.05, 3.63) is 11.3 Å². The zero-order valence-electron chi connectivity index (χ0n) is 11.2. The standard InChI is InChI=1S/C13H19ClN4O2/c14-11-12(15)16-7-17-13(11)18-4-1-2-9(18)8-6-20-5-3-10(8)19/h7-10,19H,1-6H2,(H2,15,16,17)/t8-,9-,10+/m1/s1. The molecule has 0 spiro atoms. The lowest BCUT2D eigenvalue weighted by Gasteiger charge is -2.37. The van der Waals surface area contributed by atoms with Crippen molar-refractivity contribution in [1.82, 2.24) is 9.97 Å². The molecule has 3 N–H and O–H groups in total. The lowest BCUT2D eigenvalue weighted by molar-refractivity contribution is -0.0438. The zero-order chi connectivity index (χ0) is 14.1. The zero-order valence-corrected chi connectivity index (χ0v) is 12.0. The van der Waals surface area contributed by atoms with Gasteiger partial charge in [0.25, 0.3) is 0 Å². The summed E-state index contributed by atoms with van der Waals surface area (Å²) in [6.07, 6.45) is 3.85. The van der Waals surface area contributed by atoms with E-state index in [-0.39, 0.29) is 18.1 Å². The second-order valence-electron chi connectivity index (χ2n) is 5.39. The van der Waals surface area contributed by atoms with E-state index in [0.717, 1.165) is 19.4 Å². The highest BCUT2D eigenvalue weighted by Gasteiger charge is 2.38. The van der Waals surface area contributed by atoms with Crippen molar-refractivity contribution >= 4 is 23.2 Å². The molecule has 2 saturated heterocycles. The molecule has 110 valence electrons. The number of nitrogen functional groups attached to an aromatic ring is 1. The molecule has 0 radical (unpaired) electrons. The minimum Gasteiger partial charge on any atom is -0.393 e. The lowest BCUT2D eigenvalue weighted by Crippen LogP contribution is -2.46. The molecule has 2 aliphatic heterocycles. The third kappa shape index (κ3) is 2.43. The Hall–Kier alpha value is -1.11.